The summed E-state index contributed by atoms with van der Waals surface area (Å²) in [5.41, 5.74) is 1.51. The van der Waals surface area contributed by atoms with Crippen molar-refractivity contribution in [1.29, 1.82) is 0 Å². The number of hydrogen-bond donors (Lipinski definition) is 2. The van der Waals surface area contributed by atoms with Crippen molar-refractivity contribution in [3.05, 3.63) is 32.5 Å². The van der Waals surface area contributed by atoms with Gasteiger partial charge in [-0.25, -0.2) is 9.78 Å². The predicted molar refractivity (Wildman–Crippen MR) is 72.4 cm³/mol. The number of thiazole rings is 1. The number of nitrogens with zero attached hydrogens (tertiary/aromatic N) is 3. The van der Waals surface area contributed by atoms with E-state index in [1.807, 2.05) is 6.92 Å². The number of aromatic nitrogens is 5. The van der Waals surface area contributed by atoms with Crippen molar-refractivity contribution in [2.75, 3.05) is 0 Å². The Balaban J connectivity index is 2.32. The van der Waals surface area contributed by atoms with Crippen molar-refractivity contribution in [2.24, 2.45) is 0 Å². The summed E-state index contributed by atoms with van der Waals surface area (Å²) in [4.78, 5) is 38.0. The molecule has 0 aromatic carbocycles. The first-order chi connectivity index (χ1) is 9.20. The summed E-state index contributed by atoms with van der Waals surface area (Å²) in [7, 11) is 0. The molecule has 0 spiro atoms. The molecule has 0 unspecified atom stereocenters. The lowest BCUT2D eigenvalue weighted by molar-refractivity contribution is 0.653. The summed E-state index contributed by atoms with van der Waals surface area (Å²) in [5.74, 6) is 0.554. The van der Waals surface area contributed by atoms with Gasteiger partial charge in [0.1, 0.15) is 5.52 Å². The molecule has 3 aromatic rings. The number of aromatic amines is 2. The van der Waals surface area contributed by atoms with E-state index in [1.165, 1.54) is 15.9 Å². The maximum Gasteiger partial charge on any atom is 0.330 e. The number of imidazole rings is 1. The standard InChI is InChI=1S/C11H11N5O2S/c1-2-3-16-9-7(10(17)15-11(16)18)13-8(14-9)6-4-12-5-19-6/h4-5H,2-3H2,1H3,(H,13,14)(H,15,17,18). The van der Waals surface area contributed by atoms with Gasteiger partial charge in [0, 0.05) is 12.7 Å². The summed E-state index contributed by atoms with van der Waals surface area (Å²) >= 11 is 1.42. The van der Waals surface area contributed by atoms with Crippen LogP contribution in [-0.2, 0) is 6.54 Å². The van der Waals surface area contributed by atoms with E-state index < -0.39 is 11.2 Å². The van der Waals surface area contributed by atoms with Crippen LogP contribution in [0.4, 0.5) is 0 Å². The molecule has 19 heavy (non-hydrogen) atoms. The number of H-pyrrole nitrogens is 2. The zero-order valence-electron chi connectivity index (χ0n) is 10.1. The maximum absolute atomic E-state index is 11.8. The molecular formula is C11H11N5O2S. The number of nitrogens with one attached hydrogen (secondary N) is 2. The summed E-state index contributed by atoms with van der Waals surface area (Å²) in [6.07, 6.45) is 2.45. The Kier molecular flexibility index (Phi) is 2.79. The molecule has 3 rings (SSSR count). The average molecular weight is 277 g/mol. The molecule has 0 atom stereocenters. The second kappa shape index (κ2) is 4.47. The first-order valence-electron chi connectivity index (χ1n) is 5.82. The minimum Gasteiger partial charge on any atom is -0.331 e. The zero-order valence-corrected chi connectivity index (χ0v) is 11.0. The van der Waals surface area contributed by atoms with Crippen LogP contribution in [0.5, 0.6) is 0 Å². The number of fused-ring (bicyclic) bond motifs is 1. The fraction of sp³-hybridized carbons (Fsp3) is 0.273. The highest BCUT2D eigenvalue weighted by molar-refractivity contribution is 7.13. The Morgan fingerprint density at radius 1 is 1.37 bits per heavy atom. The molecule has 3 aromatic heterocycles. The van der Waals surface area contributed by atoms with E-state index in [0.29, 0.717) is 23.5 Å². The van der Waals surface area contributed by atoms with Crippen molar-refractivity contribution in [3.63, 3.8) is 0 Å². The zero-order chi connectivity index (χ0) is 13.4. The van der Waals surface area contributed by atoms with Gasteiger partial charge in [-0.05, 0) is 6.42 Å². The van der Waals surface area contributed by atoms with Crippen LogP contribution in [0, 0.1) is 0 Å². The van der Waals surface area contributed by atoms with E-state index in [4.69, 9.17) is 0 Å². The molecule has 0 aliphatic rings. The number of hydrogen-bond acceptors (Lipinski definition) is 5. The quantitative estimate of drug-likeness (QED) is 0.744. The largest absolute Gasteiger partial charge is 0.331 e. The lowest BCUT2D eigenvalue weighted by atomic mass is 10.4. The topological polar surface area (TPSA) is 96.4 Å². The lowest BCUT2D eigenvalue weighted by Gasteiger charge is -2.02. The van der Waals surface area contributed by atoms with Gasteiger partial charge in [-0.15, -0.1) is 11.3 Å². The van der Waals surface area contributed by atoms with Crippen LogP contribution in [0.1, 0.15) is 13.3 Å². The summed E-state index contributed by atoms with van der Waals surface area (Å²) in [6.45, 7) is 2.47. The molecule has 8 heteroatoms. The highest BCUT2D eigenvalue weighted by Gasteiger charge is 2.14. The van der Waals surface area contributed by atoms with E-state index in [2.05, 4.69) is 19.9 Å². The van der Waals surface area contributed by atoms with E-state index in [-0.39, 0.29) is 0 Å². The van der Waals surface area contributed by atoms with Crippen molar-refractivity contribution in [3.8, 4) is 10.7 Å². The van der Waals surface area contributed by atoms with E-state index in [9.17, 15) is 9.59 Å². The molecule has 0 fully saturated rings. The molecule has 0 saturated carbocycles. The Hall–Kier alpha value is -2.22. The summed E-state index contributed by atoms with van der Waals surface area (Å²) < 4.78 is 1.47. The molecule has 2 N–H and O–H groups in total. The minimum atomic E-state index is -0.449. The van der Waals surface area contributed by atoms with Gasteiger partial charge < -0.3 is 4.98 Å². The van der Waals surface area contributed by atoms with E-state index in [1.54, 1.807) is 11.7 Å². The molecule has 7 nitrogen and oxygen atoms in total. The van der Waals surface area contributed by atoms with Gasteiger partial charge in [0.15, 0.2) is 11.5 Å². The average Bonchev–Trinajstić information content (AvgIpc) is 3.02. The Morgan fingerprint density at radius 3 is 2.89 bits per heavy atom. The molecule has 0 bridgehead atoms. The SMILES string of the molecule is CCCn1c(=O)[nH]c(=O)c2[nH]c(-c3cncs3)nc21. The summed E-state index contributed by atoms with van der Waals surface area (Å²) in [6, 6.07) is 0. The van der Waals surface area contributed by atoms with Gasteiger partial charge in [0.25, 0.3) is 5.56 Å². The van der Waals surface area contributed by atoms with Gasteiger partial charge in [0.2, 0.25) is 0 Å². The molecule has 0 radical (unpaired) electrons. The molecular weight excluding hydrogens is 266 g/mol. The Labute approximate surface area is 111 Å². The van der Waals surface area contributed by atoms with Crippen molar-refractivity contribution in [2.45, 2.75) is 19.9 Å². The first-order valence-corrected chi connectivity index (χ1v) is 6.70. The normalized spacial score (nSPS) is 11.2. The Morgan fingerprint density at radius 2 is 2.21 bits per heavy atom. The molecule has 0 saturated heterocycles. The molecule has 0 amide bonds. The molecule has 3 heterocycles. The Bertz CT molecular complexity index is 827. The fourth-order valence-electron chi connectivity index (χ4n) is 1.92. The van der Waals surface area contributed by atoms with Crippen molar-refractivity contribution >= 4 is 22.5 Å². The second-order valence-corrected chi connectivity index (χ2v) is 4.95. The van der Waals surface area contributed by atoms with Crippen LogP contribution < -0.4 is 11.2 Å². The van der Waals surface area contributed by atoms with Gasteiger partial charge in [-0.3, -0.25) is 19.3 Å². The van der Waals surface area contributed by atoms with Gasteiger partial charge >= 0.3 is 5.69 Å². The molecule has 98 valence electrons. The van der Waals surface area contributed by atoms with E-state index >= 15 is 0 Å². The van der Waals surface area contributed by atoms with Crippen LogP contribution in [0.25, 0.3) is 21.9 Å². The van der Waals surface area contributed by atoms with Crippen LogP contribution in [0.3, 0.4) is 0 Å². The van der Waals surface area contributed by atoms with E-state index in [0.717, 1.165) is 11.3 Å². The van der Waals surface area contributed by atoms with Crippen LogP contribution in [-0.4, -0.2) is 24.5 Å². The van der Waals surface area contributed by atoms with Crippen molar-refractivity contribution in [1.82, 2.24) is 24.5 Å². The monoisotopic (exact) mass is 277 g/mol. The van der Waals surface area contributed by atoms with Gasteiger partial charge in [0.05, 0.1) is 10.4 Å². The van der Waals surface area contributed by atoms with Gasteiger partial charge in [-0.2, -0.15) is 0 Å². The third-order valence-electron chi connectivity index (χ3n) is 2.75. The minimum absolute atomic E-state index is 0.316. The maximum atomic E-state index is 11.8. The summed E-state index contributed by atoms with van der Waals surface area (Å²) in [5, 5.41) is 0. The fourth-order valence-corrected chi connectivity index (χ4v) is 2.49. The number of aryl methyl sites for hydroxylation is 1. The third kappa shape index (κ3) is 1.89. The predicted octanol–water partition coefficient (Wildman–Crippen LogP) is 0.946. The molecule has 0 aliphatic heterocycles. The lowest BCUT2D eigenvalue weighted by Crippen LogP contribution is -2.30. The number of rotatable bonds is 3. The highest BCUT2D eigenvalue weighted by Crippen LogP contribution is 2.21. The van der Waals surface area contributed by atoms with Gasteiger partial charge in [-0.1, -0.05) is 6.92 Å². The highest BCUT2D eigenvalue weighted by atomic mass is 32.1. The van der Waals surface area contributed by atoms with Crippen molar-refractivity contribution < 1.29 is 0 Å². The smallest absolute Gasteiger partial charge is 0.330 e. The molecule has 0 aliphatic carbocycles. The third-order valence-corrected chi connectivity index (χ3v) is 3.53. The van der Waals surface area contributed by atoms with Crippen LogP contribution in [0.15, 0.2) is 21.3 Å². The van der Waals surface area contributed by atoms with Crippen LogP contribution in [0.2, 0.25) is 0 Å². The van der Waals surface area contributed by atoms with Crippen LogP contribution >= 0.6 is 11.3 Å². The second-order valence-electron chi connectivity index (χ2n) is 4.06. The first kappa shape index (κ1) is 11.8.